The average Bonchev–Trinajstić information content (AvgIpc) is 2.74. The van der Waals surface area contributed by atoms with Crippen LogP contribution in [-0.4, -0.2) is 24.3 Å². The quantitative estimate of drug-likeness (QED) is 0.375. The Balaban J connectivity index is 2.06. The zero-order valence-corrected chi connectivity index (χ0v) is 17.4. The van der Waals surface area contributed by atoms with Crippen LogP contribution in [0.15, 0.2) is 83.9 Å². The Morgan fingerprint density at radius 1 is 0.966 bits per heavy atom. The second kappa shape index (κ2) is 10.0. The molecule has 0 heterocycles. The maximum Gasteiger partial charge on any atom is 0.331 e. The third-order valence-corrected chi connectivity index (χ3v) is 4.89. The predicted molar refractivity (Wildman–Crippen MR) is 119 cm³/mol. The first-order valence-corrected chi connectivity index (χ1v) is 10.1. The predicted octanol–water partition coefficient (Wildman–Crippen LogP) is 5.66. The maximum atomic E-state index is 12.8. The molecule has 0 aliphatic rings. The molecule has 0 saturated carbocycles. The minimum atomic E-state index is -0.648. The number of benzene rings is 3. The highest BCUT2D eigenvalue weighted by atomic mass is 35.5. The van der Waals surface area contributed by atoms with Crippen molar-refractivity contribution in [2.24, 2.45) is 4.99 Å². The lowest BCUT2D eigenvalue weighted by Gasteiger charge is -2.16. The van der Waals surface area contributed by atoms with Crippen LogP contribution in [0.1, 0.15) is 29.2 Å². The Hall–Kier alpha value is -2.91. The Kier molecular flexibility index (Phi) is 7.20. The zero-order chi connectivity index (χ0) is 20.6. The second-order valence-electron chi connectivity index (χ2n) is 6.75. The first kappa shape index (κ1) is 20.8. The lowest BCUT2D eigenvalue weighted by Crippen LogP contribution is -2.26. The molecule has 0 N–H and O–H groups in total. The van der Waals surface area contributed by atoms with Gasteiger partial charge in [-0.3, -0.25) is 4.99 Å². The van der Waals surface area contributed by atoms with Crippen LogP contribution in [0.4, 0.5) is 0 Å². The summed E-state index contributed by atoms with van der Waals surface area (Å²) < 4.78 is 5.34. The van der Waals surface area contributed by atoms with E-state index in [-0.39, 0.29) is 5.97 Å². The van der Waals surface area contributed by atoms with Gasteiger partial charge in [0.25, 0.3) is 0 Å². The summed E-state index contributed by atoms with van der Waals surface area (Å²) in [6, 6.07) is 24.8. The van der Waals surface area contributed by atoms with Gasteiger partial charge in [0.15, 0.2) is 6.04 Å². The smallest absolute Gasteiger partial charge is 0.331 e. The Morgan fingerprint density at radius 3 is 2.07 bits per heavy atom. The van der Waals surface area contributed by atoms with Crippen molar-refractivity contribution in [2.75, 3.05) is 6.61 Å². The topological polar surface area (TPSA) is 38.7 Å². The molecule has 3 aromatic carbocycles. The van der Waals surface area contributed by atoms with Crippen LogP contribution in [0.3, 0.4) is 0 Å². The van der Waals surface area contributed by atoms with Gasteiger partial charge in [0.2, 0.25) is 0 Å². The summed E-state index contributed by atoms with van der Waals surface area (Å²) in [6.07, 6.45) is 0.449. The summed E-state index contributed by atoms with van der Waals surface area (Å²) in [4.78, 5) is 17.7. The standard InChI is InChI=1S/C25H24ClNO2/c1-3-29-25(28)23(17-21-14-15-22(26)16-18(21)2)27-24(19-10-6-4-7-11-19)20-12-8-5-9-13-20/h4-16,23H,3,17H2,1-2H3. The molecular formula is C25H24ClNO2. The molecule has 0 aromatic heterocycles. The van der Waals surface area contributed by atoms with Crippen molar-refractivity contribution in [3.63, 3.8) is 0 Å². The molecule has 0 saturated heterocycles. The van der Waals surface area contributed by atoms with E-state index in [2.05, 4.69) is 0 Å². The lowest BCUT2D eigenvalue weighted by molar-refractivity contribution is -0.144. The molecule has 0 amide bonds. The largest absolute Gasteiger partial charge is 0.464 e. The van der Waals surface area contributed by atoms with E-state index in [1.165, 1.54) is 0 Å². The second-order valence-corrected chi connectivity index (χ2v) is 7.19. The van der Waals surface area contributed by atoms with Crippen molar-refractivity contribution in [1.82, 2.24) is 0 Å². The first-order chi connectivity index (χ1) is 14.1. The van der Waals surface area contributed by atoms with E-state index < -0.39 is 6.04 Å². The summed E-state index contributed by atoms with van der Waals surface area (Å²) in [5.74, 6) is -0.328. The summed E-state index contributed by atoms with van der Waals surface area (Å²) in [6.45, 7) is 4.11. The molecule has 3 aromatic rings. The van der Waals surface area contributed by atoms with Gasteiger partial charge in [0.05, 0.1) is 12.3 Å². The van der Waals surface area contributed by atoms with E-state index in [1.807, 2.05) is 92.7 Å². The minimum absolute atomic E-state index is 0.316. The number of carbonyl (C=O) groups excluding carboxylic acids is 1. The van der Waals surface area contributed by atoms with Gasteiger partial charge in [0.1, 0.15) is 0 Å². The fourth-order valence-corrected chi connectivity index (χ4v) is 3.41. The highest BCUT2D eigenvalue weighted by molar-refractivity contribution is 6.30. The van der Waals surface area contributed by atoms with Gasteiger partial charge in [-0.2, -0.15) is 0 Å². The SMILES string of the molecule is CCOC(=O)C(Cc1ccc(Cl)cc1C)N=C(c1ccccc1)c1ccccc1. The number of halogens is 1. The van der Waals surface area contributed by atoms with E-state index in [4.69, 9.17) is 21.3 Å². The Morgan fingerprint density at radius 2 is 1.55 bits per heavy atom. The zero-order valence-electron chi connectivity index (χ0n) is 16.6. The maximum absolute atomic E-state index is 12.8. The van der Waals surface area contributed by atoms with Crippen molar-refractivity contribution in [3.8, 4) is 0 Å². The third kappa shape index (κ3) is 5.55. The highest BCUT2D eigenvalue weighted by Gasteiger charge is 2.22. The van der Waals surface area contributed by atoms with Crippen LogP contribution in [0.5, 0.6) is 0 Å². The summed E-state index contributed by atoms with van der Waals surface area (Å²) >= 11 is 6.09. The van der Waals surface area contributed by atoms with Gasteiger partial charge in [0, 0.05) is 22.6 Å². The number of nitrogens with zero attached hydrogens (tertiary/aromatic N) is 1. The lowest BCUT2D eigenvalue weighted by atomic mass is 9.99. The Labute approximate surface area is 177 Å². The van der Waals surface area contributed by atoms with Gasteiger partial charge in [-0.05, 0) is 37.1 Å². The van der Waals surface area contributed by atoms with E-state index in [1.54, 1.807) is 0 Å². The molecule has 4 heteroatoms. The van der Waals surface area contributed by atoms with Gasteiger partial charge >= 0.3 is 5.97 Å². The number of rotatable bonds is 7. The van der Waals surface area contributed by atoms with E-state index in [0.29, 0.717) is 18.1 Å². The monoisotopic (exact) mass is 405 g/mol. The van der Waals surface area contributed by atoms with Gasteiger partial charge in [-0.15, -0.1) is 0 Å². The average molecular weight is 406 g/mol. The Bertz CT molecular complexity index is 943. The van der Waals surface area contributed by atoms with Crippen molar-refractivity contribution < 1.29 is 9.53 Å². The molecule has 0 spiro atoms. The normalized spacial score (nSPS) is 11.6. The molecule has 29 heavy (non-hydrogen) atoms. The number of hydrogen-bond acceptors (Lipinski definition) is 3. The number of aryl methyl sites for hydroxylation is 1. The van der Waals surface area contributed by atoms with Crippen LogP contribution in [0, 0.1) is 6.92 Å². The number of ether oxygens (including phenoxy) is 1. The molecule has 148 valence electrons. The molecule has 0 aliphatic heterocycles. The first-order valence-electron chi connectivity index (χ1n) is 9.68. The van der Waals surface area contributed by atoms with Crippen molar-refractivity contribution in [3.05, 3.63) is 106 Å². The molecule has 1 unspecified atom stereocenters. The molecular weight excluding hydrogens is 382 g/mol. The van der Waals surface area contributed by atoms with Crippen molar-refractivity contribution in [1.29, 1.82) is 0 Å². The van der Waals surface area contributed by atoms with E-state index in [9.17, 15) is 4.79 Å². The number of carbonyl (C=O) groups is 1. The molecule has 3 nitrogen and oxygen atoms in total. The molecule has 0 fully saturated rings. The van der Waals surface area contributed by atoms with E-state index in [0.717, 1.165) is 28.0 Å². The van der Waals surface area contributed by atoms with Crippen molar-refractivity contribution >= 4 is 23.3 Å². The van der Waals surface area contributed by atoms with E-state index >= 15 is 0 Å². The van der Waals surface area contributed by atoms with Gasteiger partial charge in [-0.25, -0.2) is 4.79 Å². The molecule has 0 radical (unpaired) electrons. The minimum Gasteiger partial charge on any atom is -0.464 e. The number of esters is 1. The fourth-order valence-electron chi connectivity index (χ4n) is 3.18. The number of aliphatic imine (C=N–C) groups is 1. The highest BCUT2D eigenvalue weighted by Crippen LogP contribution is 2.20. The molecule has 1 atom stereocenters. The fraction of sp³-hybridized carbons (Fsp3) is 0.200. The van der Waals surface area contributed by atoms with Crippen LogP contribution in [0.2, 0.25) is 5.02 Å². The third-order valence-electron chi connectivity index (χ3n) is 4.66. The van der Waals surface area contributed by atoms with Crippen LogP contribution >= 0.6 is 11.6 Å². The van der Waals surface area contributed by atoms with Gasteiger partial charge < -0.3 is 4.74 Å². The number of hydrogen-bond donors (Lipinski definition) is 0. The van der Waals surface area contributed by atoms with Gasteiger partial charge in [-0.1, -0.05) is 78.3 Å². The van der Waals surface area contributed by atoms with Crippen molar-refractivity contribution in [2.45, 2.75) is 26.3 Å². The van der Waals surface area contributed by atoms with Crippen LogP contribution in [-0.2, 0) is 16.0 Å². The molecule has 3 rings (SSSR count). The summed E-state index contributed by atoms with van der Waals surface area (Å²) in [5, 5.41) is 0.677. The summed E-state index contributed by atoms with van der Waals surface area (Å²) in [5.41, 5.74) is 4.75. The molecule has 0 bridgehead atoms. The van der Waals surface area contributed by atoms with Crippen LogP contribution < -0.4 is 0 Å². The van der Waals surface area contributed by atoms with Crippen LogP contribution in [0.25, 0.3) is 0 Å². The summed E-state index contributed by atoms with van der Waals surface area (Å²) in [7, 11) is 0. The molecule has 0 aliphatic carbocycles.